The van der Waals surface area contributed by atoms with E-state index in [1.807, 2.05) is 0 Å². The second-order valence-electron chi connectivity index (χ2n) is 6.72. The summed E-state index contributed by atoms with van der Waals surface area (Å²) in [5.41, 5.74) is 0.930. The van der Waals surface area contributed by atoms with Crippen LogP contribution in [-0.4, -0.2) is 32.9 Å². The number of hydrogen-bond donors (Lipinski definition) is 1. The Morgan fingerprint density at radius 3 is 1.94 bits per heavy atom. The molecule has 0 atom stereocenters. The van der Waals surface area contributed by atoms with Crippen molar-refractivity contribution in [2.45, 2.75) is 0 Å². The first-order chi connectivity index (χ1) is 16.6. The maximum absolute atomic E-state index is 12.4. The largest absolute Gasteiger partial charge is 0.423 e. The van der Waals surface area contributed by atoms with Gasteiger partial charge in [0.1, 0.15) is 5.75 Å². The van der Waals surface area contributed by atoms with E-state index in [9.17, 15) is 39.9 Å². The summed E-state index contributed by atoms with van der Waals surface area (Å²) in [6.07, 6.45) is 1.23. The predicted octanol–water partition coefficient (Wildman–Crippen LogP) is 3.39. The normalized spacial score (nSPS) is 10.5. The van der Waals surface area contributed by atoms with Gasteiger partial charge in [0, 0.05) is 29.8 Å². The van der Waals surface area contributed by atoms with Crippen molar-refractivity contribution in [1.29, 1.82) is 0 Å². The number of hydrogen-bond acceptors (Lipinski definition) is 10. The van der Waals surface area contributed by atoms with Crippen LogP contribution in [0.5, 0.6) is 5.75 Å². The van der Waals surface area contributed by atoms with Gasteiger partial charge in [-0.25, -0.2) is 10.2 Å². The van der Waals surface area contributed by atoms with Gasteiger partial charge in [-0.2, -0.15) is 5.10 Å². The number of hydrazone groups is 1. The van der Waals surface area contributed by atoms with E-state index in [1.54, 1.807) is 6.07 Å². The first-order valence-corrected chi connectivity index (χ1v) is 9.48. The van der Waals surface area contributed by atoms with Gasteiger partial charge in [-0.3, -0.25) is 35.1 Å². The van der Waals surface area contributed by atoms with Crippen LogP contribution in [0.3, 0.4) is 0 Å². The Hall–Kier alpha value is -5.53. The number of carbonyl (C=O) groups excluding carboxylic acids is 2. The fraction of sp³-hybridized carbons (Fsp3) is 0. The topological polar surface area (TPSA) is 197 Å². The molecule has 0 saturated heterocycles. The summed E-state index contributed by atoms with van der Waals surface area (Å²) in [4.78, 5) is 54.8. The Morgan fingerprint density at radius 2 is 1.37 bits per heavy atom. The SMILES string of the molecule is O=C(NN=Cc1cccc(OC(=O)c2cc([N+](=O)[O-])cc([N+](=O)[O-])c2)c1)c1ccc([N+](=O)[O-])cc1. The average Bonchev–Trinajstić information content (AvgIpc) is 2.83. The Balaban J connectivity index is 1.69. The highest BCUT2D eigenvalue weighted by Crippen LogP contribution is 2.24. The number of nitrogens with one attached hydrogen (secondary N) is 1. The van der Waals surface area contributed by atoms with Gasteiger partial charge in [-0.1, -0.05) is 12.1 Å². The number of carbonyl (C=O) groups is 2. The van der Waals surface area contributed by atoms with Gasteiger partial charge in [0.2, 0.25) is 0 Å². The van der Waals surface area contributed by atoms with Crippen LogP contribution in [-0.2, 0) is 0 Å². The lowest BCUT2D eigenvalue weighted by Gasteiger charge is -2.05. The highest BCUT2D eigenvalue weighted by Gasteiger charge is 2.21. The number of benzene rings is 3. The third-order valence-corrected chi connectivity index (χ3v) is 4.35. The lowest BCUT2D eigenvalue weighted by Crippen LogP contribution is -2.17. The zero-order valence-electron chi connectivity index (χ0n) is 17.4. The summed E-state index contributed by atoms with van der Waals surface area (Å²) in [6, 6.07) is 13.1. The molecule has 0 unspecified atom stereocenters. The molecule has 3 rings (SSSR count). The Kier molecular flexibility index (Phi) is 7.16. The minimum Gasteiger partial charge on any atom is -0.423 e. The van der Waals surface area contributed by atoms with Crippen molar-refractivity contribution in [2.75, 3.05) is 0 Å². The molecule has 0 heterocycles. The van der Waals surface area contributed by atoms with Gasteiger partial charge in [0.05, 0.1) is 32.6 Å². The van der Waals surface area contributed by atoms with Crippen LogP contribution in [0.4, 0.5) is 17.1 Å². The van der Waals surface area contributed by atoms with Crippen molar-refractivity contribution < 1.29 is 29.1 Å². The first kappa shape index (κ1) is 24.1. The van der Waals surface area contributed by atoms with E-state index in [-0.39, 0.29) is 22.6 Å². The van der Waals surface area contributed by atoms with Crippen LogP contribution in [0.1, 0.15) is 26.3 Å². The Labute approximate surface area is 194 Å². The summed E-state index contributed by atoms with van der Waals surface area (Å²) in [7, 11) is 0. The Bertz CT molecular complexity index is 1340. The highest BCUT2D eigenvalue weighted by molar-refractivity contribution is 5.95. The smallest absolute Gasteiger partial charge is 0.344 e. The van der Waals surface area contributed by atoms with E-state index in [0.717, 1.165) is 18.2 Å². The van der Waals surface area contributed by atoms with Crippen molar-refractivity contribution >= 4 is 35.2 Å². The molecular weight excluding hydrogens is 466 g/mol. The minimum atomic E-state index is -1.06. The van der Waals surface area contributed by atoms with Gasteiger partial charge >= 0.3 is 5.97 Å². The van der Waals surface area contributed by atoms with Gasteiger partial charge < -0.3 is 4.74 Å². The molecule has 14 nitrogen and oxygen atoms in total. The van der Waals surface area contributed by atoms with Crippen LogP contribution in [0.2, 0.25) is 0 Å². The number of amides is 1. The zero-order chi connectivity index (χ0) is 25.5. The number of non-ortho nitro benzene ring substituents is 3. The summed E-state index contributed by atoms with van der Waals surface area (Å²) in [5, 5.41) is 36.4. The van der Waals surface area contributed by atoms with Crippen LogP contribution >= 0.6 is 0 Å². The molecule has 3 aromatic rings. The minimum absolute atomic E-state index is 0.00908. The zero-order valence-corrected chi connectivity index (χ0v) is 17.4. The van der Waals surface area contributed by atoms with Crippen LogP contribution in [0.25, 0.3) is 0 Å². The van der Waals surface area contributed by atoms with E-state index < -0.39 is 38.0 Å². The molecule has 0 saturated carbocycles. The molecule has 176 valence electrons. The van der Waals surface area contributed by atoms with Crippen LogP contribution in [0.15, 0.2) is 71.8 Å². The number of nitrogens with zero attached hydrogens (tertiary/aromatic N) is 4. The number of ether oxygens (including phenoxy) is 1. The molecule has 1 N–H and O–H groups in total. The van der Waals surface area contributed by atoms with E-state index in [2.05, 4.69) is 10.5 Å². The van der Waals surface area contributed by atoms with E-state index in [0.29, 0.717) is 5.56 Å². The van der Waals surface area contributed by atoms with E-state index in [4.69, 9.17) is 4.74 Å². The lowest BCUT2D eigenvalue weighted by molar-refractivity contribution is -0.394. The predicted molar refractivity (Wildman–Crippen MR) is 119 cm³/mol. The fourth-order valence-corrected chi connectivity index (χ4v) is 2.71. The first-order valence-electron chi connectivity index (χ1n) is 9.48. The molecule has 0 radical (unpaired) electrons. The summed E-state index contributed by atoms with van der Waals surface area (Å²) in [6.45, 7) is 0. The van der Waals surface area contributed by atoms with Crippen molar-refractivity contribution in [3.63, 3.8) is 0 Å². The molecule has 0 aliphatic heterocycles. The second kappa shape index (κ2) is 10.4. The summed E-state index contributed by atoms with van der Waals surface area (Å²) >= 11 is 0. The molecule has 0 aliphatic carbocycles. The van der Waals surface area contributed by atoms with Crippen molar-refractivity contribution in [3.05, 3.63) is 114 Å². The van der Waals surface area contributed by atoms with Crippen LogP contribution < -0.4 is 10.2 Å². The number of esters is 1. The molecule has 0 spiro atoms. The molecule has 0 aromatic heterocycles. The van der Waals surface area contributed by atoms with Crippen LogP contribution in [0, 0.1) is 30.3 Å². The van der Waals surface area contributed by atoms with Gasteiger partial charge in [-0.15, -0.1) is 0 Å². The standard InChI is InChI=1S/C21H13N5O9/c27-20(14-4-6-16(7-5-14)24(29)30)23-22-12-13-2-1-3-19(8-13)35-21(28)15-9-17(25(31)32)11-18(10-15)26(33)34/h1-12H,(H,23,27). The third-order valence-electron chi connectivity index (χ3n) is 4.35. The number of rotatable bonds is 8. The van der Waals surface area contributed by atoms with Crippen molar-refractivity contribution in [1.82, 2.24) is 5.43 Å². The quantitative estimate of drug-likeness (QED) is 0.165. The third kappa shape index (κ3) is 6.26. The molecule has 3 aromatic carbocycles. The molecule has 1 amide bonds. The van der Waals surface area contributed by atoms with Gasteiger partial charge in [0.15, 0.2) is 0 Å². The van der Waals surface area contributed by atoms with Gasteiger partial charge in [0.25, 0.3) is 23.0 Å². The molecule has 0 bridgehead atoms. The van der Waals surface area contributed by atoms with Crippen molar-refractivity contribution in [2.24, 2.45) is 5.10 Å². The molecule has 0 aliphatic rings. The maximum atomic E-state index is 12.4. The second-order valence-corrected chi connectivity index (χ2v) is 6.72. The highest BCUT2D eigenvalue weighted by atomic mass is 16.6. The molecule has 35 heavy (non-hydrogen) atoms. The molecule has 14 heteroatoms. The number of nitro groups is 3. The monoisotopic (exact) mass is 479 g/mol. The average molecular weight is 479 g/mol. The van der Waals surface area contributed by atoms with E-state index in [1.165, 1.54) is 48.7 Å². The van der Waals surface area contributed by atoms with E-state index >= 15 is 0 Å². The maximum Gasteiger partial charge on any atom is 0.344 e. The number of nitro benzene ring substituents is 3. The fourth-order valence-electron chi connectivity index (χ4n) is 2.71. The molecule has 0 fully saturated rings. The lowest BCUT2D eigenvalue weighted by atomic mass is 10.1. The van der Waals surface area contributed by atoms with Crippen molar-refractivity contribution in [3.8, 4) is 5.75 Å². The van der Waals surface area contributed by atoms with Gasteiger partial charge in [-0.05, 0) is 29.8 Å². The molecular formula is C21H13N5O9. The Morgan fingerprint density at radius 1 is 0.771 bits per heavy atom. The summed E-state index contributed by atoms with van der Waals surface area (Å²) in [5.74, 6) is -1.67. The summed E-state index contributed by atoms with van der Waals surface area (Å²) < 4.78 is 5.15.